The second-order valence-electron chi connectivity index (χ2n) is 7.10. The van der Waals surface area contributed by atoms with Crippen molar-refractivity contribution < 1.29 is 4.79 Å². The molecule has 0 bridgehead atoms. The second kappa shape index (κ2) is 7.45. The van der Waals surface area contributed by atoms with Crippen molar-refractivity contribution in [2.24, 2.45) is 5.92 Å². The van der Waals surface area contributed by atoms with E-state index in [-0.39, 0.29) is 11.8 Å². The number of carbonyl (C=O) groups excluding carboxylic acids is 1. The van der Waals surface area contributed by atoms with Crippen molar-refractivity contribution in [2.45, 2.75) is 38.3 Å². The number of imidazole rings is 1. The Morgan fingerprint density at radius 1 is 1.35 bits per heavy atom. The number of hydrogen-bond donors (Lipinski definition) is 1. The molecule has 6 nitrogen and oxygen atoms in total. The molecule has 0 aliphatic carbocycles. The lowest BCUT2D eigenvalue weighted by molar-refractivity contribution is -0.137. The molecule has 2 aliphatic heterocycles. The van der Waals surface area contributed by atoms with Crippen molar-refractivity contribution >= 4 is 5.91 Å². The van der Waals surface area contributed by atoms with E-state index in [1.807, 2.05) is 11.9 Å². The molecule has 1 aromatic heterocycles. The predicted molar refractivity (Wildman–Crippen MR) is 89.9 cm³/mol. The molecule has 2 saturated heterocycles. The number of H-pyrrole nitrogens is 1. The molecule has 2 fully saturated rings. The van der Waals surface area contributed by atoms with Crippen LogP contribution in [0.25, 0.3) is 0 Å². The Morgan fingerprint density at radius 3 is 2.83 bits per heavy atom. The van der Waals surface area contributed by atoms with Crippen LogP contribution in [0.5, 0.6) is 0 Å². The van der Waals surface area contributed by atoms with Crippen LogP contribution in [0.15, 0.2) is 12.4 Å². The third-order valence-corrected chi connectivity index (χ3v) is 5.32. The number of likely N-dealkylation sites (tertiary alicyclic amines) is 2. The van der Waals surface area contributed by atoms with Crippen molar-refractivity contribution in [3.05, 3.63) is 18.2 Å². The van der Waals surface area contributed by atoms with Gasteiger partial charge in [0.05, 0.1) is 12.5 Å². The molecular weight excluding hydrogens is 290 g/mol. The van der Waals surface area contributed by atoms with Gasteiger partial charge in [0.2, 0.25) is 5.91 Å². The summed E-state index contributed by atoms with van der Waals surface area (Å²) in [5.74, 6) is 1.26. The van der Waals surface area contributed by atoms with Crippen LogP contribution in [-0.2, 0) is 11.3 Å². The van der Waals surface area contributed by atoms with Crippen molar-refractivity contribution in [3.8, 4) is 0 Å². The molecule has 1 aromatic rings. The Bertz CT molecular complexity index is 495. The van der Waals surface area contributed by atoms with Gasteiger partial charge >= 0.3 is 0 Å². The van der Waals surface area contributed by atoms with Crippen molar-refractivity contribution in [3.63, 3.8) is 0 Å². The highest BCUT2D eigenvalue weighted by atomic mass is 16.2. The minimum absolute atomic E-state index is 0.142. The lowest BCUT2D eigenvalue weighted by Gasteiger charge is -2.41. The number of nitrogens with zero attached hydrogens (tertiary/aromatic N) is 4. The van der Waals surface area contributed by atoms with E-state index in [0.717, 1.165) is 31.8 Å². The summed E-state index contributed by atoms with van der Waals surface area (Å²) in [6, 6.07) is 0.664. The smallest absolute Gasteiger partial charge is 0.227 e. The summed E-state index contributed by atoms with van der Waals surface area (Å²) >= 11 is 0. The predicted octanol–water partition coefficient (Wildman–Crippen LogP) is 1.17. The largest absolute Gasteiger partial charge is 0.347 e. The van der Waals surface area contributed by atoms with E-state index in [1.54, 1.807) is 12.4 Å². The number of rotatable bonds is 4. The van der Waals surface area contributed by atoms with Crippen LogP contribution in [0, 0.1) is 5.92 Å². The number of piperidine rings is 2. The number of hydrogen-bond acceptors (Lipinski definition) is 4. The third kappa shape index (κ3) is 4.12. The summed E-state index contributed by atoms with van der Waals surface area (Å²) in [6.07, 6.45) is 8.16. The first-order valence-electron chi connectivity index (χ1n) is 8.79. The lowest BCUT2D eigenvalue weighted by atomic mass is 9.93. The van der Waals surface area contributed by atoms with Crippen LogP contribution in [0.1, 0.15) is 31.5 Å². The average molecular weight is 319 g/mol. The van der Waals surface area contributed by atoms with Crippen LogP contribution < -0.4 is 0 Å². The summed E-state index contributed by atoms with van der Waals surface area (Å²) < 4.78 is 0. The van der Waals surface area contributed by atoms with E-state index in [2.05, 4.69) is 26.8 Å². The van der Waals surface area contributed by atoms with E-state index in [1.165, 1.54) is 25.9 Å². The maximum absolute atomic E-state index is 12.8. The van der Waals surface area contributed by atoms with Crippen LogP contribution in [-0.4, -0.2) is 76.9 Å². The van der Waals surface area contributed by atoms with Crippen LogP contribution in [0.2, 0.25) is 0 Å². The summed E-state index contributed by atoms with van der Waals surface area (Å²) in [6.45, 7) is 5.00. The summed E-state index contributed by atoms with van der Waals surface area (Å²) in [4.78, 5) is 26.8. The lowest BCUT2D eigenvalue weighted by Crippen LogP contribution is -2.50. The molecule has 3 heterocycles. The highest BCUT2D eigenvalue weighted by Gasteiger charge is 2.32. The van der Waals surface area contributed by atoms with Gasteiger partial charge in [0.1, 0.15) is 5.82 Å². The van der Waals surface area contributed by atoms with Gasteiger partial charge in [0.15, 0.2) is 0 Å². The Kier molecular flexibility index (Phi) is 5.33. The number of aromatic amines is 1. The molecule has 1 N–H and O–H groups in total. The molecule has 6 heteroatoms. The molecule has 128 valence electrons. The third-order valence-electron chi connectivity index (χ3n) is 5.32. The van der Waals surface area contributed by atoms with Crippen molar-refractivity contribution in [1.29, 1.82) is 0 Å². The van der Waals surface area contributed by atoms with Gasteiger partial charge in [-0.1, -0.05) is 0 Å². The Balaban J connectivity index is 1.54. The van der Waals surface area contributed by atoms with Gasteiger partial charge in [0.25, 0.3) is 0 Å². The summed E-state index contributed by atoms with van der Waals surface area (Å²) in [5, 5.41) is 0. The van der Waals surface area contributed by atoms with Crippen molar-refractivity contribution in [1.82, 2.24) is 24.7 Å². The molecule has 0 radical (unpaired) electrons. The van der Waals surface area contributed by atoms with E-state index in [9.17, 15) is 4.79 Å². The number of carbonyl (C=O) groups is 1. The van der Waals surface area contributed by atoms with Gasteiger partial charge < -0.3 is 14.8 Å². The monoisotopic (exact) mass is 319 g/mol. The fourth-order valence-corrected chi connectivity index (χ4v) is 3.90. The molecule has 23 heavy (non-hydrogen) atoms. The Labute approximate surface area is 138 Å². The van der Waals surface area contributed by atoms with E-state index in [4.69, 9.17) is 0 Å². The van der Waals surface area contributed by atoms with Gasteiger partial charge in [-0.2, -0.15) is 0 Å². The quantitative estimate of drug-likeness (QED) is 0.905. The highest BCUT2D eigenvalue weighted by molar-refractivity contribution is 5.78. The Hall–Kier alpha value is -1.40. The first kappa shape index (κ1) is 16.5. The molecule has 0 aromatic carbocycles. The maximum Gasteiger partial charge on any atom is 0.227 e. The molecule has 0 unspecified atom stereocenters. The molecule has 2 aliphatic rings. The molecule has 0 saturated carbocycles. The van der Waals surface area contributed by atoms with Crippen LogP contribution in [0.4, 0.5) is 0 Å². The molecule has 3 rings (SSSR count). The van der Waals surface area contributed by atoms with Gasteiger partial charge in [-0.25, -0.2) is 4.98 Å². The zero-order valence-electron chi connectivity index (χ0n) is 14.4. The SMILES string of the molecule is CN1CCC(N2CCC[C@H](C(=O)N(C)Cc3ncc[nH]3)C2)CC1. The number of amides is 1. The fraction of sp³-hybridized carbons (Fsp3) is 0.765. The number of nitrogens with one attached hydrogen (secondary N) is 1. The normalized spacial score (nSPS) is 24.7. The first-order chi connectivity index (χ1) is 11.1. The standard InChI is InChI=1S/C17H29N5O/c1-20-10-5-15(6-11-20)22-9-3-4-14(12-22)17(23)21(2)13-16-18-7-8-19-16/h7-8,14-15H,3-6,9-13H2,1-2H3,(H,18,19)/t14-/m0/s1. The minimum atomic E-state index is 0.142. The summed E-state index contributed by atoms with van der Waals surface area (Å²) in [5.41, 5.74) is 0. The van der Waals surface area contributed by atoms with E-state index >= 15 is 0 Å². The zero-order valence-corrected chi connectivity index (χ0v) is 14.4. The minimum Gasteiger partial charge on any atom is -0.347 e. The Morgan fingerprint density at radius 2 is 2.13 bits per heavy atom. The first-order valence-corrected chi connectivity index (χ1v) is 8.79. The van der Waals surface area contributed by atoms with Gasteiger partial charge in [-0.15, -0.1) is 0 Å². The summed E-state index contributed by atoms with van der Waals surface area (Å²) in [7, 11) is 4.09. The second-order valence-corrected chi connectivity index (χ2v) is 7.10. The van der Waals surface area contributed by atoms with Gasteiger partial charge in [-0.3, -0.25) is 9.69 Å². The molecule has 0 spiro atoms. The van der Waals surface area contributed by atoms with Gasteiger partial charge in [0, 0.05) is 32.0 Å². The van der Waals surface area contributed by atoms with Crippen LogP contribution in [0.3, 0.4) is 0 Å². The van der Waals surface area contributed by atoms with Crippen LogP contribution >= 0.6 is 0 Å². The molecule has 1 atom stereocenters. The zero-order chi connectivity index (χ0) is 16.2. The highest BCUT2D eigenvalue weighted by Crippen LogP contribution is 2.24. The maximum atomic E-state index is 12.8. The number of aromatic nitrogens is 2. The fourth-order valence-electron chi connectivity index (χ4n) is 3.90. The van der Waals surface area contributed by atoms with E-state index < -0.39 is 0 Å². The average Bonchev–Trinajstić information content (AvgIpc) is 3.08. The molecule has 1 amide bonds. The molecular formula is C17H29N5O. The van der Waals surface area contributed by atoms with E-state index in [0.29, 0.717) is 12.6 Å². The van der Waals surface area contributed by atoms with Gasteiger partial charge in [-0.05, 0) is 52.4 Å². The van der Waals surface area contributed by atoms with Crippen molar-refractivity contribution in [2.75, 3.05) is 40.3 Å². The topological polar surface area (TPSA) is 55.5 Å².